The minimum absolute atomic E-state index is 0. The summed E-state index contributed by atoms with van der Waals surface area (Å²) in [6.45, 7) is 3.21. The first-order valence-corrected chi connectivity index (χ1v) is 6.88. The molecule has 0 aliphatic carbocycles. The number of carbonyl (C=O) groups is 1. The van der Waals surface area contributed by atoms with Crippen molar-refractivity contribution in [3.63, 3.8) is 0 Å². The van der Waals surface area contributed by atoms with Crippen molar-refractivity contribution in [1.29, 1.82) is 0 Å². The highest BCUT2D eigenvalue weighted by Gasteiger charge is 2.27. The molecule has 1 unspecified atom stereocenters. The number of carbonyl (C=O) groups excluding carboxylic acids is 1. The normalized spacial score (nSPS) is 17.8. The Morgan fingerprint density at radius 3 is 3.00 bits per heavy atom. The molecule has 0 saturated carbocycles. The van der Waals surface area contributed by atoms with Gasteiger partial charge in [0.05, 0.1) is 0 Å². The van der Waals surface area contributed by atoms with Crippen LogP contribution < -0.4 is 10.5 Å². The van der Waals surface area contributed by atoms with Gasteiger partial charge in [-0.15, -0.1) is 12.4 Å². The monoisotopic (exact) mass is 318 g/mol. The molecule has 0 bridgehead atoms. The van der Waals surface area contributed by atoms with E-state index in [4.69, 9.17) is 22.1 Å². The van der Waals surface area contributed by atoms with Crippen LogP contribution >= 0.6 is 24.0 Å². The fraction of sp³-hybridized carbons (Fsp3) is 0.500. The van der Waals surface area contributed by atoms with Crippen LogP contribution in [0.2, 0.25) is 5.02 Å². The van der Waals surface area contributed by atoms with Crippen LogP contribution in [-0.2, 0) is 4.79 Å². The van der Waals surface area contributed by atoms with E-state index >= 15 is 0 Å². The standard InChI is InChI=1S/C14H19ClN2O2.ClH/c1-10-12(15)5-2-6-13(10)19-9-14(18)17-7-3-4-11(17)8-16;/h2,5-6,11H,3-4,7-9,16H2,1H3;1H. The Hall–Kier alpha value is -0.970. The van der Waals surface area contributed by atoms with E-state index in [0.717, 1.165) is 24.9 Å². The SMILES string of the molecule is Cc1c(Cl)cccc1OCC(=O)N1CCCC1CN.Cl. The van der Waals surface area contributed by atoms with E-state index in [1.807, 2.05) is 24.0 Å². The molecule has 1 aromatic carbocycles. The summed E-state index contributed by atoms with van der Waals surface area (Å²) >= 11 is 6.01. The minimum atomic E-state index is -0.00711. The highest BCUT2D eigenvalue weighted by Crippen LogP contribution is 2.25. The van der Waals surface area contributed by atoms with Crippen molar-refractivity contribution in [3.8, 4) is 5.75 Å². The molecule has 1 amide bonds. The summed E-state index contributed by atoms with van der Waals surface area (Å²) in [5.74, 6) is 0.650. The Morgan fingerprint density at radius 2 is 2.30 bits per heavy atom. The lowest BCUT2D eigenvalue weighted by Crippen LogP contribution is -2.42. The lowest BCUT2D eigenvalue weighted by molar-refractivity contribution is -0.134. The van der Waals surface area contributed by atoms with Crippen molar-refractivity contribution < 1.29 is 9.53 Å². The lowest BCUT2D eigenvalue weighted by atomic mass is 10.2. The molecule has 1 aliphatic heterocycles. The zero-order valence-electron chi connectivity index (χ0n) is 11.5. The van der Waals surface area contributed by atoms with Gasteiger partial charge in [-0.05, 0) is 31.9 Å². The number of hydrogen-bond donors (Lipinski definition) is 1. The van der Waals surface area contributed by atoms with Crippen LogP contribution in [-0.4, -0.2) is 36.5 Å². The Balaban J connectivity index is 0.00000200. The molecule has 0 radical (unpaired) electrons. The lowest BCUT2D eigenvalue weighted by Gasteiger charge is -2.23. The van der Waals surface area contributed by atoms with Crippen LogP contribution in [0.15, 0.2) is 18.2 Å². The third-order valence-corrected chi connectivity index (χ3v) is 3.95. The highest BCUT2D eigenvalue weighted by molar-refractivity contribution is 6.31. The fourth-order valence-electron chi connectivity index (χ4n) is 2.38. The van der Waals surface area contributed by atoms with Crippen molar-refractivity contribution in [2.24, 2.45) is 5.73 Å². The summed E-state index contributed by atoms with van der Waals surface area (Å²) in [5, 5.41) is 0.644. The molecular formula is C14H20Cl2N2O2. The smallest absolute Gasteiger partial charge is 0.260 e. The molecule has 20 heavy (non-hydrogen) atoms. The maximum atomic E-state index is 12.1. The van der Waals surface area contributed by atoms with Crippen LogP contribution in [0.25, 0.3) is 0 Å². The molecule has 112 valence electrons. The number of halogens is 2. The quantitative estimate of drug-likeness (QED) is 0.927. The van der Waals surface area contributed by atoms with Gasteiger partial charge < -0.3 is 15.4 Å². The fourth-order valence-corrected chi connectivity index (χ4v) is 2.54. The van der Waals surface area contributed by atoms with E-state index in [-0.39, 0.29) is 31.0 Å². The second-order valence-corrected chi connectivity index (χ2v) is 5.18. The summed E-state index contributed by atoms with van der Waals surface area (Å²) in [4.78, 5) is 13.9. The third kappa shape index (κ3) is 3.78. The topological polar surface area (TPSA) is 55.6 Å². The zero-order chi connectivity index (χ0) is 13.8. The molecule has 1 heterocycles. The maximum Gasteiger partial charge on any atom is 0.260 e. The van der Waals surface area contributed by atoms with E-state index in [1.54, 1.807) is 6.07 Å². The molecule has 2 N–H and O–H groups in total. The van der Waals surface area contributed by atoms with Gasteiger partial charge in [0.1, 0.15) is 5.75 Å². The van der Waals surface area contributed by atoms with Gasteiger partial charge in [-0.3, -0.25) is 4.79 Å². The Labute approximate surface area is 130 Å². The number of ether oxygens (including phenoxy) is 1. The number of hydrogen-bond acceptors (Lipinski definition) is 3. The Bertz CT molecular complexity index is 468. The average molecular weight is 319 g/mol. The molecule has 1 fully saturated rings. The Morgan fingerprint density at radius 1 is 1.55 bits per heavy atom. The molecule has 0 spiro atoms. The highest BCUT2D eigenvalue weighted by atomic mass is 35.5. The number of likely N-dealkylation sites (tertiary alicyclic amines) is 1. The molecule has 1 atom stereocenters. The molecule has 1 aliphatic rings. The predicted molar refractivity (Wildman–Crippen MR) is 82.7 cm³/mol. The van der Waals surface area contributed by atoms with Gasteiger partial charge >= 0.3 is 0 Å². The number of nitrogens with zero attached hydrogens (tertiary/aromatic N) is 1. The largest absolute Gasteiger partial charge is 0.483 e. The van der Waals surface area contributed by atoms with Crippen molar-refractivity contribution in [2.75, 3.05) is 19.7 Å². The molecule has 0 aromatic heterocycles. The van der Waals surface area contributed by atoms with Crippen LogP contribution in [0.1, 0.15) is 18.4 Å². The summed E-state index contributed by atoms with van der Waals surface area (Å²) < 4.78 is 5.57. The number of benzene rings is 1. The first kappa shape index (κ1) is 17.1. The molecule has 1 aromatic rings. The number of nitrogens with two attached hydrogens (primary N) is 1. The number of amides is 1. The van der Waals surface area contributed by atoms with E-state index in [2.05, 4.69) is 0 Å². The van der Waals surface area contributed by atoms with Crippen LogP contribution in [0.4, 0.5) is 0 Å². The molecule has 2 rings (SSSR count). The average Bonchev–Trinajstić information content (AvgIpc) is 2.88. The van der Waals surface area contributed by atoms with Crippen molar-refractivity contribution in [3.05, 3.63) is 28.8 Å². The Kier molecular flexibility index (Phi) is 6.59. The molecule has 6 heteroatoms. The van der Waals surface area contributed by atoms with Gasteiger partial charge in [0, 0.05) is 29.7 Å². The van der Waals surface area contributed by atoms with Gasteiger partial charge in [0.15, 0.2) is 6.61 Å². The minimum Gasteiger partial charge on any atom is -0.483 e. The summed E-state index contributed by atoms with van der Waals surface area (Å²) in [7, 11) is 0. The first-order chi connectivity index (χ1) is 9.13. The molecule has 1 saturated heterocycles. The summed E-state index contributed by atoms with van der Waals surface area (Å²) in [5.41, 5.74) is 6.52. The zero-order valence-corrected chi connectivity index (χ0v) is 13.0. The summed E-state index contributed by atoms with van der Waals surface area (Å²) in [6, 6.07) is 5.60. The van der Waals surface area contributed by atoms with Gasteiger partial charge in [-0.1, -0.05) is 17.7 Å². The molecule has 4 nitrogen and oxygen atoms in total. The second-order valence-electron chi connectivity index (χ2n) is 4.77. The van der Waals surface area contributed by atoms with Crippen molar-refractivity contribution >= 4 is 29.9 Å². The maximum absolute atomic E-state index is 12.1. The number of rotatable bonds is 4. The van der Waals surface area contributed by atoms with Gasteiger partial charge in [0.2, 0.25) is 0 Å². The van der Waals surface area contributed by atoms with Crippen molar-refractivity contribution in [1.82, 2.24) is 4.90 Å². The summed E-state index contributed by atoms with van der Waals surface area (Å²) in [6.07, 6.45) is 2.00. The predicted octanol–water partition coefficient (Wildman–Crippen LogP) is 2.40. The van der Waals surface area contributed by atoms with Gasteiger partial charge in [0.25, 0.3) is 5.91 Å². The first-order valence-electron chi connectivity index (χ1n) is 6.51. The van der Waals surface area contributed by atoms with E-state index in [1.165, 1.54) is 0 Å². The van der Waals surface area contributed by atoms with Gasteiger partial charge in [-0.25, -0.2) is 0 Å². The van der Waals surface area contributed by atoms with E-state index in [9.17, 15) is 4.79 Å². The van der Waals surface area contributed by atoms with E-state index in [0.29, 0.717) is 17.3 Å². The van der Waals surface area contributed by atoms with E-state index < -0.39 is 0 Å². The van der Waals surface area contributed by atoms with Crippen molar-refractivity contribution in [2.45, 2.75) is 25.8 Å². The third-order valence-electron chi connectivity index (χ3n) is 3.54. The second kappa shape index (κ2) is 7.72. The van der Waals surface area contributed by atoms with Crippen LogP contribution in [0, 0.1) is 6.92 Å². The van der Waals surface area contributed by atoms with Crippen LogP contribution in [0.5, 0.6) is 5.75 Å². The van der Waals surface area contributed by atoms with Gasteiger partial charge in [-0.2, -0.15) is 0 Å². The van der Waals surface area contributed by atoms with Crippen LogP contribution in [0.3, 0.4) is 0 Å². The molecular weight excluding hydrogens is 299 g/mol.